The Morgan fingerprint density at radius 1 is 1.00 bits per heavy atom. The molecule has 0 aromatic rings. The molecule has 5 heavy (non-hydrogen) atoms. The first-order valence-corrected chi connectivity index (χ1v) is 0. The van der Waals surface area contributed by atoms with Gasteiger partial charge in [-0.2, -0.15) is 0 Å². The van der Waals surface area contributed by atoms with E-state index in [9.17, 15) is 0 Å². The van der Waals surface area contributed by atoms with E-state index in [4.69, 9.17) is 0 Å². The predicted octanol–water partition coefficient (Wildman–Crippen LogP) is -0.926. The molecule has 0 N–H and O–H groups in total. The molecule has 1 radical (unpaired) electrons. The summed E-state index contributed by atoms with van der Waals surface area (Å²) in [6.07, 6.45) is 0. The van der Waals surface area contributed by atoms with Crippen molar-refractivity contribution in [3.8, 4) is 0 Å². The van der Waals surface area contributed by atoms with Crippen LogP contribution in [0.5, 0.6) is 0 Å². The molecule has 0 aliphatic heterocycles. The summed E-state index contributed by atoms with van der Waals surface area (Å²) in [5.41, 5.74) is 0. The van der Waals surface area contributed by atoms with Crippen molar-refractivity contribution >= 4 is 23.1 Å². The zero-order valence-corrected chi connectivity index (χ0v) is 7.95. The summed E-state index contributed by atoms with van der Waals surface area (Å²) in [6.45, 7) is 0. The molecule has 0 atom stereocenters. The molecular formula is H2CrCuMgTiZr. The fraction of sp³-hybridized carbons (Fsp3) is 0. The minimum Gasteiger partial charge on any atom is 0 e. The Labute approximate surface area is 103 Å². The van der Waals surface area contributed by atoms with Crippen LogP contribution in [0.1, 0.15) is 0 Å². The fourth-order valence-corrected chi connectivity index (χ4v) is 0. The number of hydrogen-bond donors (Lipinski definition) is 0. The van der Waals surface area contributed by atoms with E-state index in [0.717, 1.165) is 0 Å². The van der Waals surface area contributed by atoms with Gasteiger partial charge in [0.2, 0.25) is 0 Å². The molecule has 29 valence electrons. The summed E-state index contributed by atoms with van der Waals surface area (Å²) >= 11 is 0. The topological polar surface area (TPSA) is 0 Å². The first-order chi connectivity index (χ1) is 0. The van der Waals surface area contributed by atoms with Crippen molar-refractivity contribution in [2.24, 2.45) is 0 Å². The van der Waals surface area contributed by atoms with Crippen LogP contribution in [0.4, 0.5) is 0 Å². The normalized spacial score (nSPS) is 0. The molecule has 0 aliphatic rings. The average molecular weight is 281 g/mol. The molecule has 0 aromatic carbocycles. The van der Waals surface area contributed by atoms with Gasteiger partial charge in [0.25, 0.3) is 0 Å². The second-order valence-corrected chi connectivity index (χ2v) is 0. The van der Waals surface area contributed by atoms with Crippen molar-refractivity contribution in [2.45, 2.75) is 0 Å². The molecule has 0 fully saturated rings. The maximum Gasteiger partial charge on any atom is 0.316 e. The van der Waals surface area contributed by atoms with Crippen LogP contribution in [-0.4, -0.2) is 23.1 Å². The van der Waals surface area contributed by atoms with Gasteiger partial charge in [-0.3, -0.25) is 0 Å². The third kappa shape index (κ3) is 18.6. The monoisotopic (exact) mass is 279 g/mol. The molecule has 5 heteroatoms. The second kappa shape index (κ2) is 26.2. The van der Waals surface area contributed by atoms with Crippen LogP contribution in [0.2, 0.25) is 0 Å². The van der Waals surface area contributed by atoms with E-state index in [0.29, 0.717) is 0 Å². The van der Waals surface area contributed by atoms with Gasteiger partial charge in [0.15, 0.2) is 0 Å². The molecule has 0 aliphatic carbocycles. The van der Waals surface area contributed by atoms with Crippen LogP contribution in [0.3, 0.4) is 0 Å². The summed E-state index contributed by atoms with van der Waals surface area (Å²) in [7, 11) is 0. The fourth-order valence-electron chi connectivity index (χ4n) is 0. The van der Waals surface area contributed by atoms with Crippen molar-refractivity contribution in [1.29, 1.82) is 0 Å². The zero-order chi connectivity index (χ0) is 0. The van der Waals surface area contributed by atoms with E-state index in [2.05, 4.69) is 0 Å². The maximum absolute atomic E-state index is 0. The number of hydrogen-bond acceptors (Lipinski definition) is 0. The van der Waals surface area contributed by atoms with Gasteiger partial charge >= 0.3 is 23.1 Å². The predicted molar refractivity (Wildman–Crippen MR) is 8.54 cm³/mol. The molecule has 0 rings (SSSR count). The van der Waals surface area contributed by atoms with Crippen molar-refractivity contribution < 1.29 is 82.4 Å². The molecule has 0 spiro atoms. The van der Waals surface area contributed by atoms with Crippen LogP contribution in [-0.2, 0) is 82.4 Å². The molecule has 0 aromatic heterocycles. The van der Waals surface area contributed by atoms with Gasteiger partial charge in [0.1, 0.15) is 0 Å². The van der Waals surface area contributed by atoms with Crippen LogP contribution >= 0.6 is 0 Å². The van der Waals surface area contributed by atoms with Crippen molar-refractivity contribution in [3.05, 3.63) is 0 Å². The molecule has 0 bridgehead atoms. The molecular weight excluding hydrogens is 279 g/mol. The van der Waals surface area contributed by atoms with E-state index in [1.54, 1.807) is 0 Å². The summed E-state index contributed by atoms with van der Waals surface area (Å²) in [5, 5.41) is 0. The van der Waals surface area contributed by atoms with E-state index in [1.165, 1.54) is 0 Å². The second-order valence-electron chi connectivity index (χ2n) is 0. The standard InChI is InChI=1S/Cr.Cu.Mg.Ti.Zr.2H. The zero-order valence-electron chi connectivity index (χ0n) is 1.71. The Morgan fingerprint density at radius 2 is 1.00 bits per heavy atom. The minimum absolute atomic E-state index is 0. The van der Waals surface area contributed by atoms with E-state index >= 15 is 0 Å². The van der Waals surface area contributed by atoms with Gasteiger partial charge in [0, 0.05) is 82.4 Å². The summed E-state index contributed by atoms with van der Waals surface area (Å²) < 4.78 is 0. The van der Waals surface area contributed by atoms with Gasteiger partial charge in [-0.05, 0) is 0 Å². The number of rotatable bonds is 0. The first-order valence-electron chi connectivity index (χ1n) is 0. The van der Waals surface area contributed by atoms with Crippen LogP contribution in [0.15, 0.2) is 0 Å². The first kappa shape index (κ1) is 39.7. The Bertz CT molecular complexity index is 11.6. The third-order valence-corrected chi connectivity index (χ3v) is 0. The molecule has 0 saturated heterocycles. The Balaban J connectivity index is 0. The molecule has 0 unspecified atom stereocenters. The maximum atomic E-state index is 0. The van der Waals surface area contributed by atoms with Gasteiger partial charge in [-0.15, -0.1) is 0 Å². The Morgan fingerprint density at radius 3 is 1.00 bits per heavy atom. The van der Waals surface area contributed by atoms with E-state index in [-0.39, 0.29) is 105 Å². The quantitative estimate of drug-likeness (QED) is 0.503. The summed E-state index contributed by atoms with van der Waals surface area (Å²) in [5.74, 6) is 0. The van der Waals surface area contributed by atoms with Crippen LogP contribution < -0.4 is 0 Å². The Hall–Kier alpha value is 3.42. The molecule has 0 heterocycles. The largest absolute Gasteiger partial charge is 0.316 e. The van der Waals surface area contributed by atoms with Crippen molar-refractivity contribution in [3.63, 3.8) is 0 Å². The van der Waals surface area contributed by atoms with Gasteiger partial charge in [-0.25, -0.2) is 0 Å². The Kier molecular flexibility index (Phi) is 208. The van der Waals surface area contributed by atoms with Crippen molar-refractivity contribution in [1.82, 2.24) is 0 Å². The van der Waals surface area contributed by atoms with Crippen LogP contribution in [0, 0.1) is 0 Å². The summed E-state index contributed by atoms with van der Waals surface area (Å²) in [4.78, 5) is 0. The smallest absolute Gasteiger partial charge is 0 e. The van der Waals surface area contributed by atoms with Crippen LogP contribution in [0.25, 0.3) is 0 Å². The minimum atomic E-state index is 0. The molecule has 0 nitrogen and oxygen atoms in total. The SMILES string of the molecule is [Cr].[Cu].[MgH2].[Ti].[Zr]. The van der Waals surface area contributed by atoms with E-state index < -0.39 is 0 Å². The molecule has 0 saturated carbocycles. The molecule has 0 amide bonds. The van der Waals surface area contributed by atoms with Crippen molar-refractivity contribution in [2.75, 3.05) is 0 Å². The van der Waals surface area contributed by atoms with Gasteiger partial charge in [0.05, 0.1) is 0 Å². The average Bonchev–Trinajstić information content (AvgIpc) is 0. The van der Waals surface area contributed by atoms with Gasteiger partial charge in [-0.1, -0.05) is 0 Å². The van der Waals surface area contributed by atoms with E-state index in [1.807, 2.05) is 0 Å². The van der Waals surface area contributed by atoms with Gasteiger partial charge < -0.3 is 0 Å². The third-order valence-electron chi connectivity index (χ3n) is 0. The summed E-state index contributed by atoms with van der Waals surface area (Å²) in [6, 6.07) is 0.